The van der Waals surface area contributed by atoms with Crippen LogP contribution in [0.3, 0.4) is 0 Å². The van der Waals surface area contributed by atoms with E-state index in [0.717, 1.165) is 6.07 Å². The second kappa shape index (κ2) is 6.29. The smallest absolute Gasteiger partial charge is 0.241 e. The predicted octanol–water partition coefficient (Wildman–Crippen LogP) is 0.152. The molecule has 0 saturated carbocycles. The molecule has 2 rings (SSSR count). The fourth-order valence-electron chi connectivity index (χ4n) is 1.82. The number of hydrogen-bond donors (Lipinski definition) is 2. The molecule has 0 fully saturated rings. The highest BCUT2D eigenvalue weighted by atomic mass is 32.2. The Balaban J connectivity index is 2.26. The highest BCUT2D eigenvalue weighted by molar-refractivity contribution is 7.89. The number of aryl methyl sites for hydroxylation is 1. The van der Waals surface area contributed by atoms with E-state index in [9.17, 15) is 12.8 Å². The summed E-state index contributed by atoms with van der Waals surface area (Å²) in [5.74, 6) is -0.140. The van der Waals surface area contributed by atoms with Crippen LogP contribution in [0.1, 0.15) is 11.4 Å². The molecule has 0 atom stereocenters. The number of hydrogen-bond acceptors (Lipinski definition) is 5. The molecule has 9 heteroatoms. The molecule has 0 unspecified atom stereocenters. The quantitative estimate of drug-likeness (QED) is 0.792. The van der Waals surface area contributed by atoms with E-state index >= 15 is 0 Å². The molecule has 21 heavy (non-hydrogen) atoms. The van der Waals surface area contributed by atoms with Gasteiger partial charge in [0.25, 0.3) is 0 Å². The van der Waals surface area contributed by atoms with Gasteiger partial charge in [-0.15, -0.1) is 10.2 Å². The van der Waals surface area contributed by atoms with Crippen molar-refractivity contribution in [1.82, 2.24) is 24.8 Å². The molecule has 0 radical (unpaired) electrons. The fourth-order valence-corrected chi connectivity index (χ4v) is 3.05. The van der Waals surface area contributed by atoms with Crippen LogP contribution in [-0.4, -0.2) is 30.2 Å². The minimum absolute atomic E-state index is 0.0195. The van der Waals surface area contributed by atoms with Gasteiger partial charge in [0.2, 0.25) is 10.0 Å². The van der Waals surface area contributed by atoms with Gasteiger partial charge >= 0.3 is 0 Å². The maximum Gasteiger partial charge on any atom is 0.241 e. The molecule has 0 aliphatic heterocycles. The van der Waals surface area contributed by atoms with Crippen LogP contribution in [0.4, 0.5) is 4.39 Å². The Kier molecular flexibility index (Phi) is 4.66. The third-order valence-electron chi connectivity index (χ3n) is 2.91. The number of aromatic nitrogens is 3. The first-order valence-corrected chi connectivity index (χ1v) is 7.68. The van der Waals surface area contributed by atoms with Crippen LogP contribution in [-0.2, 0) is 30.2 Å². The van der Waals surface area contributed by atoms with Crippen LogP contribution in [0.25, 0.3) is 0 Å². The lowest BCUT2D eigenvalue weighted by atomic mass is 10.2. The summed E-state index contributed by atoms with van der Waals surface area (Å²) < 4.78 is 42.0. The molecule has 0 spiro atoms. The maximum absolute atomic E-state index is 13.4. The highest BCUT2D eigenvalue weighted by Gasteiger charge is 2.19. The Labute approximate surface area is 122 Å². The lowest BCUT2D eigenvalue weighted by Crippen LogP contribution is -2.26. The van der Waals surface area contributed by atoms with E-state index in [1.54, 1.807) is 18.7 Å². The number of nitrogens with one attached hydrogen (secondary N) is 2. The summed E-state index contributed by atoms with van der Waals surface area (Å²) in [6.07, 6.45) is 1.47. The average molecular weight is 313 g/mol. The lowest BCUT2D eigenvalue weighted by molar-refractivity contribution is 0.571. The van der Waals surface area contributed by atoms with Gasteiger partial charge in [-0.25, -0.2) is 17.5 Å². The molecule has 0 amide bonds. The summed E-state index contributed by atoms with van der Waals surface area (Å²) in [6.45, 7) is 0.300. The molecule has 1 heterocycles. The van der Waals surface area contributed by atoms with Gasteiger partial charge in [-0.1, -0.05) is 6.07 Å². The summed E-state index contributed by atoms with van der Waals surface area (Å²) in [6, 6.07) is 3.68. The molecule has 0 aliphatic rings. The van der Waals surface area contributed by atoms with Gasteiger partial charge in [0.05, 0.1) is 11.4 Å². The van der Waals surface area contributed by atoms with Crippen molar-refractivity contribution in [2.75, 3.05) is 7.05 Å². The van der Waals surface area contributed by atoms with Crippen LogP contribution in [0, 0.1) is 5.82 Å². The van der Waals surface area contributed by atoms with Gasteiger partial charge in [0.1, 0.15) is 18.0 Å². The van der Waals surface area contributed by atoms with E-state index in [-0.39, 0.29) is 11.4 Å². The monoisotopic (exact) mass is 313 g/mol. The Hall–Kier alpha value is -1.84. The van der Waals surface area contributed by atoms with E-state index in [1.165, 1.54) is 18.5 Å². The molecule has 0 aliphatic carbocycles. The van der Waals surface area contributed by atoms with Crippen molar-refractivity contribution >= 4 is 10.0 Å². The van der Waals surface area contributed by atoms with Crippen molar-refractivity contribution in [2.45, 2.75) is 18.0 Å². The molecule has 0 saturated heterocycles. The van der Waals surface area contributed by atoms with Gasteiger partial charge in [0.15, 0.2) is 0 Å². The minimum atomic E-state index is -3.84. The standard InChI is InChI=1S/C12H16FN5O2S/c1-14-6-9-3-4-10(13)5-11(9)21(19,20)16-7-12-17-15-8-18(12)2/h3-5,8,14,16H,6-7H2,1-2H3. The molecule has 1 aromatic heterocycles. The zero-order chi connectivity index (χ0) is 15.5. The summed E-state index contributed by atoms with van der Waals surface area (Å²) in [5, 5.41) is 10.3. The summed E-state index contributed by atoms with van der Waals surface area (Å²) in [4.78, 5) is -0.0842. The summed E-state index contributed by atoms with van der Waals surface area (Å²) >= 11 is 0. The Bertz CT molecular complexity index is 729. The number of halogens is 1. The Morgan fingerprint density at radius 1 is 1.33 bits per heavy atom. The van der Waals surface area contributed by atoms with E-state index in [2.05, 4.69) is 20.2 Å². The van der Waals surface area contributed by atoms with Crippen LogP contribution in [0.2, 0.25) is 0 Å². The number of benzene rings is 1. The van der Waals surface area contributed by atoms with Crippen molar-refractivity contribution in [3.05, 3.63) is 41.7 Å². The van der Waals surface area contributed by atoms with Gasteiger partial charge in [-0.3, -0.25) is 0 Å². The maximum atomic E-state index is 13.4. The van der Waals surface area contributed by atoms with Gasteiger partial charge < -0.3 is 9.88 Å². The van der Waals surface area contributed by atoms with Gasteiger partial charge in [-0.05, 0) is 24.7 Å². The first-order chi connectivity index (χ1) is 9.94. The molecule has 1 aromatic carbocycles. The van der Waals surface area contributed by atoms with E-state index in [4.69, 9.17) is 0 Å². The SMILES string of the molecule is CNCc1ccc(F)cc1S(=O)(=O)NCc1nncn1C. The van der Waals surface area contributed by atoms with Crippen molar-refractivity contribution in [3.8, 4) is 0 Å². The predicted molar refractivity (Wildman–Crippen MR) is 74.2 cm³/mol. The molecule has 2 aromatic rings. The molecule has 114 valence electrons. The third-order valence-corrected chi connectivity index (χ3v) is 4.39. The van der Waals surface area contributed by atoms with Crippen molar-refractivity contribution in [1.29, 1.82) is 0 Å². The van der Waals surface area contributed by atoms with Crippen LogP contribution >= 0.6 is 0 Å². The third kappa shape index (κ3) is 3.63. The van der Waals surface area contributed by atoms with Gasteiger partial charge in [0, 0.05) is 13.6 Å². The first kappa shape index (κ1) is 15.5. The van der Waals surface area contributed by atoms with Crippen molar-refractivity contribution < 1.29 is 12.8 Å². The Morgan fingerprint density at radius 2 is 2.10 bits per heavy atom. The highest BCUT2D eigenvalue weighted by Crippen LogP contribution is 2.17. The van der Waals surface area contributed by atoms with E-state index in [0.29, 0.717) is 17.9 Å². The van der Waals surface area contributed by atoms with Crippen molar-refractivity contribution in [3.63, 3.8) is 0 Å². The zero-order valence-corrected chi connectivity index (χ0v) is 12.5. The van der Waals surface area contributed by atoms with E-state index in [1.807, 2.05) is 0 Å². The van der Waals surface area contributed by atoms with Crippen LogP contribution < -0.4 is 10.0 Å². The normalized spacial score (nSPS) is 11.8. The van der Waals surface area contributed by atoms with Crippen molar-refractivity contribution in [2.24, 2.45) is 7.05 Å². The largest absolute Gasteiger partial charge is 0.320 e. The second-order valence-electron chi connectivity index (χ2n) is 4.46. The van der Waals surface area contributed by atoms with Gasteiger partial charge in [-0.2, -0.15) is 0 Å². The zero-order valence-electron chi connectivity index (χ0n) is 11.7. The molecule has 2 N–H and O–H groups in total. The topological polar surface area (TPSA) is 88.9 Å². The number of nitrogens with zero attached hydrogens (tertiary/aromatic N) is 3. The second-order valence-corrected chi connectivity index (χ2v) is 6.20. The molecular weight excluding hydrogens is 297 g/mol. The molecule has 7 nitrogen and oxygen atoms in total. The fraction of sp³-hybridized carbons (Fsp3) is 0.333. The summed E-state index contributed by atoms with van der Waals surface area (Å²) in [5.41, 5.74) is 0.490. The summed E-state index contributed by atoms with van der Waals surface area (Å²) in [7, 11) is -0.446. The van der Waals surface area contributed by atoms with Crippen LogP contribution in [0.5, 0.6) is 0 Å². The number of rotatable bonds is 6. The lowest BCUT2D eigenvalue weighted by Gasteiger charge is -2.11. The first-order valence-electron chi connectivity index (χ1n) is 6.19. The number of sulfonamides is 1. The van der Waals surface area contributed by atoms with E-state index < -0.39 is 15.8 Å². The average Bonchev–Trinajstić information content (AvgIpc) is 2.84. The molecular formula is C12H16FN5O2S. The minimum Gasteiger partial charge on any atom is -0.320 e. The molecule has 0 bridgehead atoms. The Morgan fingerprint density at radius 3 is 2.71 bits per heavy atom. The van der Waals surface area contributed by atoms with Crippen LogP contribution in [0.15, 0.2) is 29.4 Å².